The van der Waals surface area contributed by atoms with Crippen LogP contribution >= 0.6 is 0 Å². The largest absolute Gasteiger partial charge is 0.507 e. The van der Waals surface area contributed by atoms with Gasteiger partial charge in [0.1, 0.15) is 17.3 Å². The number of phenolic OH excluding ortho intramolecular Hbond substituents is 1. The number of furan rings is 1. The number of carbonyl (C=O) groups is 3. The normalized spacial score (nSPS) is 17.1. The molecule has 0 spiro atoms. The number of aliphatic hydroxyl groups is 2. The quantitative estimate of drug-likeness (QED) is 0.456. The van der Waals surface area contributed by atoms with E-state index in [4.69, 9.17) is 4.42 Å². The number of aromatic hydroxyl groups is 1. The number of phenols is 1. The number of ketones is 3. The first-order chi connectivity index (χ1) is 15.3. The lowest BCUT2D eigenvalue weighted by Gasteiger charge is -2.32. The third-order valence-corrected chi connectivity index (χ3v) is 6.41. The summed E-state index contributed by atoms with van der Waals surface area (Å²) in [6.45, 7) is 2.51. The summed E-state index contributed by atoms with van der Waals surface area (Å²) in [6, 6.07) is 3.64. The van der Waals surface area contributed by atoms with E-state index in [1.807, 2.05) is 6.07 Å². The first-order valence-electron chi connectivity index (χ1n) is 10.9. The van der Waals surface area contributed by atoms with Gasteiger partial charge in [-0.25, -0.2) is 0 Å². The third kappa shape index (κ3) is 5.76. The highest BCUT2D eigenvalue weighted by atomic mass is 16.3. The standard InChI is InChI=1S/C25H30O7.H2O.2H2/c1-14-7-19(18-4-6-32-13-18)20-10-16(11-23(30)24(20)25(14)31)9-17(3-5-26)21(12-27)22(29)8-15(2)28;;;/h4,6-7,13,16-17,21,26-27,31H,3,5,8-12H2,1-2H3;1H2;2*1H. The molecule has 0 amide bonds. The van der Waals surface area contributed by atoms with E-state index < -0.39 is 12.5 Å². The van der Waals surface area contributed by atoms with Crippen molar-refractivity contribution in [1.29, 1.82) is 0 Å². The van der Waals surface area contributed by atoms with Gasteiger partial charge in [0, 0.05) is 27.4 Å². The summed E-state index contributed by atoms with van der Waals surface area (Å²) in [5.74, 6) is -2.02. The maximum Gasteiger partial charge on any atom is 0.167 e. The molecule has 2 aromatic rings. The number of hydrogen-bond acceptors (Lipinski definition) is 7. The van der Waals surface area contributed by atoms with E-state index in [0.717, 1.165) is 16.7 Å². The van der Waals surface area contributed by atoms with Crippen LogP contribution in [0.1, 0.15) is 56.9 Å². The molecular weight excluding hydrogens is 428 g/mol. The Morgan fingerprint density at radius 2 is 2.00 bits per heavy atom. The molecule has 0 aliphatic heterocycles. The van der Waals surface area contributed by atoms with Gasteiger partial charge in [0.2, 0.25) is 0 Å². The van der Waals surface area contributed by atoms with Gasteiger partial charge < -0.3 is 25.2 Å². The zero-order valence-corrected chi connectivity index (χ0v) is 19.0. The van der Waals surface area contributed by atoms with E-state index in [0.29, 0.717) is 30.4 Å². The number of hydrogen-bond donors (Lipinski definition) is 3. The van der Waals surface area contributed by atoms with Gasteiger partial charge in [-0.1, -0.05) is 0 Å². The molecule has 1 aromatic heterocycles. The highest BCUT2D eigenvalue weighted by Crippen LogP contribution is 2.42. The number of rotatable bonds is 10. The van der Waals surface area contributed by atoms with E-state index in [1.165, 1.54) is 6.92 Å². The van der Waals surface area contributed by atoms with Crippen LogP contribution in [-0.2, 0) is 16.0 Å². The Kier molecular flexibility index (Phi) is 9.10. The number of benzene rings is 1. The van der Waals surface area contributed by atoms with Crippen LogP contribution in [0, 0.1) is 24.7 Å². The molecule has 0 bridgehead atoms. The lowest BCUT2D eigenvalue weighted by atomic mass is 9.72. The van der Waals surface area contributed by atoms with E-state index >= 15 is 0 Å². The maximum atomic E-state index is 13.1. The molecule has 0 saturated heterocycles. The molecule has 1 aromatic carbocycles. The highest BCUT2D eigenvalue weighted by molar-refractivity contribution is 6.03. The van der Waals surface area contributed by atoms with E-state index in [9.17, 15) is 29.7 Å². The molecule has 1 aliphatic rings. The van der Waals surface area contributed by atoms with Gasteiger partial charge in [-0.3, -0.25) is 14.4 Å². The zero-order chi connectivity index (χ0) is 23.4. The van der Waals surface area contributed by atoms with Crippen LogP contribution in [0.3, 0.4) is 0 Å². The minimum Gasteiger partial charge on any atom is -0.507 e. The Morgan fingerprint density at radius 3 is 2.58 bits per heavy atom. The fraction of sp³-hybridized carbons (Fsp3) is 0.480. The molecule has 8 nitrogen and oxygen atoms in total. The molecule has 33 heavy (non-hydrogen) atoms. The first kappa shape index (κ1) is 26.4. The highest BCUT2D eigenvalue weighted by Gasteiger charge is 2.35. The van der Waals surface area contributed by atoms with Crippen LogP contribution in [0.2, 0.25) is 0 Å². The monoisotopic (exact) mass is 464 g/mol. The number of Topliss-reactive ketones (excluding diaryl/α,β-unsaturated/α-hetero) is 3. The second-order valence-electron chi connectivity index (χ2n) is 8.79. The lowest BCUT2D eigenvalue weighted by Crippen LogP contribution is -2.32. The van der Waals surface area contributed by atoms with Crippen molar-refractivity contribution >= 4 is 17.3 Å². The van der Waals surface area contributed by atoms with E-state index in [1.54, 1.807) is 25.5 Å². The summed E-state index contributed by atoms with van der Waals surface area (Å²) in [4.78, 5) is 37.0. The Morgan fingerprint density at radius 1 is 1.27 bits per heavy atom. The van der Waals surface area contributed by atoms with Crippen molar-refractivity contribution in [2.75, 3.05) is 13.2 Å². The average molecular weight is 465 g/mol. The SMILES string of the molecule is CC(=O)CC(=O)C(CO)C(CCO)CC1CC(=O)c2c(O)c(C)cc(-c3ccoc3)c2C1.O.[HH].[HH]. The molecule has 5 N–H and O–H groups in total. The van der Waals surface area contributed by atoms with Crippen LogP contribution in [0.4, 0.5) is 0 Å². The summed E-state index contributed by atoms with van der Waals surface area (Å²) < 4.78 is 5.22. The van der Waals surface area contributed by atoms with Gasteiger partial charge in [0.05, 0.1) is 31.1 Å². The molecule has 1 heterocycles. The summed E-state index contributed by atoms with van der Waals surface area (Å²) in [5.41, 5.74) is 3.33. The van der Waals surface area contributed by atoms with Crippen LogP contribution in [0.15, 0.2) is 29.1 Å². The molecule has 3 unspecified atom stereocenters. The number of aliphatic hydroxyl groups excluding tert-OH is 2. The third-order valence-electron chi connectivity index (χ3n) is 6.41. The second-order valence-corrected chi connectivity index (χ2v) is 8.79. The molecule has 3 atom stereocenters. The first-order valence-corrected chi connectivity index (χ1v) is 10.9. The van der Waals surface area contributed by atoms with Crippen molar-refractivity contribution < 1.29 is 42.4 Å². The average Bonchev–Trinajstić information content (AvgIpc) is 3.25. The van der Waals surface area contributed by atoms with Crippen molar-refractivity contribution in [3.05, 3.63) is 41.3 Å². The summed E-state index contributed by atoms with van der Waals surface area (Å²) >= 11 is 0. The Balaban J connectivity index is 0.00000385. The Bertz CT molecular complexity index is 1000. The topological polar surface area (TPSA) is 157 Å². The van der Waals surface area contributed by atoms with E-state index in [-0.39, 0.29) is 62.7 Å². The van der Waals surface area contributed by atoms with Crippen molar-refractivity contribution in [3.8, 4) is 16.9 Å². The summed E-state index contributed by atoms with van der Waals surface area (Å²) in [5, 5.41) is 30.0. The molecule has 1 aliphatic carbocycles. The van der Waals surface area contributed by atoms with Crippen molar-refractivity contribution in [2.24, 2.45) is 17.8 Å². The second kappa shape index (κ2) is 11.4. The zero-order valence-electron chi connectivity index (χ0n) is 19.0. The fourth-order valence-corrected chi connectivity index (χ4v) is 4.89. The predicted octanol–water partition coefficient (Wildman–Crippen LogP) is 2.92. The van der Waals surface area contributed by atoms with Crippen LogP contribution in [0.5, 0.6) is 5.75 Å². The van der Waals surface area contributed by atoms with Crippen molar-refractivity contribution in [3.63, 3.8) is 0 Å². The molecule has 8 heteroatoms. The van der Waals surface area contributed by atoms with Crippen molar-refractivity contribution in [1.82, 2.24) is 0 Å². The Labute approximate surface area is 195 Å². The summed E-state index contributed by atoms with van der Waals surface area (Å²) in [6.07, 6.45) is 4.34. The smallest absolute Gasteiger partial charge is 0.167 e. The van der Waals surface area contributed by atoms with Gasteiger partial charge in [-0.05, 0) is 73.8 Å². The molecule has 184 valence electrons. The number of carbonyl (C=O) groups excluding carboxylic acids is 3. The minimum atomic E-state index is -0.762. The van der Waals surface area contributed by atoms with Gasteiger partial charge in [0.15, 0.2) is 5.78 Å². The fourth-order valence-electron chi connectivity index (χ4n) is 4.89. The van der Waals surface area contributed by atoms with Gasteiger partial charge in [-0.2, -0.15) is 0 Å². The molecule has 0 saturated carbocycles. The minimum absolute atomic E-state index is 0. The van der Waals surface area contributed by atoms with Gasteiger partial charge in [-0.15, -0.1) is 0 Å². The summed E-state index contributed by atoms with van der Waals surface area (Å²) in [7, 11) is 0. The molecule has 3 rings (SSSR count). The van der Waals surface area contributed by atoms with Crippen LogP contribution in [-0.4, -0.2) is 51.4 Å². The van der Waals surface area contributed by atoms with Crippen LogP contribution < -0.4 is 0 Å². The van der Waals surface area contributed by atoms with Gasteiger partial charge in [0.25, 0.3) is 0 Å². The van der Waals surface area contributed by atoms with Crippen LogP contribution in [0.25, 0.3) is 11.1 Å². The van der Waals surface area contributed by atoms with Gasteiger partial charge >= 0.3 is 0 Å². The van der Waals surface area contributed by atoms with Crippen molar-refractivity contribution in [2.45, 2.75) is 46.0 Å². The maximum absolute atomic E-state index is 13.1. The van der Waals surface area contributed by atoms with E-state index in [2.05, 4.69) is 0 Å². The lowest BCUT2D eigenvalue weighted by molar-refractivity contribution is -0.131. The molecular formula is C25H36O8. The predicted molar refractivity (Wildman–Crippen MR) is 125 cm³/mol. The molecule has 0 fully saturated rings. The number of aryl methyl sites for hydroxylation is 1. The Hall–Kier alpha value is -2.81. The number of fused-ring (bicyclic) bond motifs is 1. The molecule has 0 radical (unpaired) electrons.